The third kappa shape index (κ3) is 5.71. The molecule has 0 fully saturated rings. The van der Waals surface area contributed by atoms with Gasteiger partial charge < -0.3 is 10.1 Å². The first kappa shape index (κ1) is 27.7. The van der Waals surface area contributed by atoms with Crippen LogP contribution in [0.15, 0.2) is 82.6 Å². The first-order valence-corrected chi connectivity index (χ1v) is 15.5. The van der Waals surface area contributed by atoms with Crippen molar-refractivity contribution in [1.29, 1.82) is 0 Å². The van der Waals surface area contributed by atoms with Gasteiger partial charge in [0.2, 0.25) is 0 Å². The third-order valence-electron chi connectivity index (χ3n) is 6.49. The Labute approximate surface area is 224 Å². The number of rotatable bonds is 6. The van der Waals surface area contributed by atoms with Gasteiger partial charge in [-0.1, -0.05) is 57.2 Å². The predicted octanol–water partition coefficient (Wildman–Crippen LogP) is 4.22. The number of carbonyl (C=O) groups excluding carboxylic acids is 1. The maximum atomic E-state index is 13.7. The highest BCUT2D eigenvalue weighted by Gasteiger charge is 2.38. The minimum Gasteiger partial charge on any atom is -0.476 e. The quantitative estimate of drug-likeness (QED) is 0.487. The zero-order valence-corrected chi connectivity index (χ0v) is 23.6. The fourth-order valence-electron chi connectivity index (χ4n) is 4.20. The standard InChI is InChI=1S/C28H32N2O6S2/c1-19(20-11-14-22(15-12-20)37(5,32)33)29-27(31)26-18-30(38(34,35)23-9-7-6-8-10-23)24-17-21(28(2,3)4)13-16-25(24)36-26/h6-17,19,26H,18H2,1-5H3,(H,29,31)/t19-,26+/m0/s1. The van der Waals surface area contributed by atoms with Crippen LogP contribution in [-0.4, -0.2) is 41.6 Å². The summed E-state index contributed by atoms with van der Waals surface area (Å²) >= 11 is 0. The Balaban J connectivity index is 1.65. The van der Waals surface area contributed by atoms with Crippen molar-refractivity contribution in [3.8, 4) is 5.75 Å². The van der Waals surface area contributed by atoms with Crippen LogP contribution in [0.25, 0.3) is 0 Å². The van der Waals surface area contributed by atoms with Crippen LogP contribution >= 0.6 is 0 Å². The maximum absolute atomic E-state index is 13.7. The molecule has 38 heavy (non-hydrogen) atoms. The van der Waals surface area contributed by atoms with Crippen LogP contribution in [0.1, 0.15) is 44.9 Å². The summed E-state index contributed by atoms with van der Waals surface area (Å²) in [5.74, 6) is -0.183. The lowest BCUT2D eigenvalue weighted by Crippen LogP contribution is -2.51. The van der Waals surface area contributed by atoms with E-state index in [-0.39, 0.29) is 21.8 Å². The summed E-state index contributed by atoms with van der Waals surface area (Å²) in [4.78, 5) is 13.6. The van der Waals surface area contributed by atoms with Gasteiger partial charge in [-0.2, -0.15) is 0 Å². The van der Waals surface area contributed by atoms with Crippen molar-refractivity contribution in [2.24, 2.45) is 0 Å². The number of fused-ring (bicyclic) bond motifs is 1. The molecular formula is C28H32N2O6S2. The van der Waals surface area contributed by atoms with Crippen LogP contribution in [0, 0.1) is 0 Å². The van der Waals surface area contributed by atoms with Gasteiger partial charge in [-0.05, 0) is 59.9 Å². The molecule has 3 aromatic rings. The lowest BCUT2D eigenvalue weighted by molar-refractivity contribution is -0.128. The second kappa shape index (κ2) is 10.1. The molecule has 0 aliphatic carbocycles. The summed E-state index contributed by atoms with van der Waals surface area (Å²) < 4.78 is 58.2. The van der Waals surface area contributed by atoms with Crippen molar-refractivity contribution >= 4 is 31.5 Å². The minimum atomic E-state index is -3.99. The lowest BCUT2D eigenvalue weighted by Gasteiger charge is -2.36. The number of hydrogen-bond donors (Lipinski definition) is 1. The van der Waals surface area contributed by atoms with Crippen molar-refractivity contribution in [3.05, 3.63) is 83.9 Å². The van der Waals surface area contributed by atoms with Crippen LogP contribution in [0.2, 0.25) is 0 Å². The summed E-state index contributed by atoms with van der Waals surface area (Å²) in [6.07, 6.45) is 0.0322. The number of amides is 1. The maximum Gasteiger partial charge on any atom is 0.264 e. The second-order valence-corrected chi connectivity index (χ2v) is 14.3. The topological polar surface area (TPSA) is 110 Å². The number of nitrogens with zero attached hydrogens (tertiary/aromatic N) is 1. The van der Waals surface area contributed by atoms with E-state index in [1.807, 2.05) is 26.8 Å². The number of carbonyl (C=O) groups is 1. The first-order chi connectivity index (χ1) is 17.7. The summed E-state index contributed by atoms with van der Waals surface area (Å²) in [6, 6.07) is 19.3. The fraction of sp³-hybridized carbons (Fsp3) is 0.321. The molecule has 0 saturated heterocycles. The number of sulfone groups is 1. The van der Waals surface area contributed by atoms with Crippen LogP contribution in [0.4, 0.5) is 5.69 Å². The van der Waals surface area contributed by atoms with Crippen LogP contribution < -0.4 is 14.4 Å². The summed E-state index contributed by atoms with van der Waals surface area (Å²) in [6.45, 7) is 7.67. The molecule has 4 rings (SSSR count). The van der Waals surface area contributed by atoms with Crippen LogP contribution in [-0.2, 0) is 30.1 Å². The Morgan fingerprint density at radius 1 is 0.947 bits per heavy atom. The Morgan fingerprint density at radius 3 is 2.16 bits per heavy atom. The van der Waals surface area contributed by atoms with Gasteiger partial charge in [0.1, 0.15) is 5.75 Å². The highest BCUT2D eigenvalue weighted by atomic mass is 32.2. The molecular weight excluding hydrogens is 524 g/mol. The Morgan fingerprint density at radius 2 is 1.58 bits per heavy atom. The molecule has 202 valence electrons. The molecule has 3 aromatic carbocycles. The van der Waals surface area contributed by atoms with Gasteiger partial charge in [0, 0.05) is 6.26 Å². The number of anilines is 1. The average Bonchev–Trinajstić information content (AvgIpc) is 2.87. The van der Waals surface area contributed by atoms with E-state index in [1.54, 1.807) is 49.4 Å². The van der Waals surface area contributed by atoms with Crippen LogP contribution in [0.3, 0.4) is 0 Å². The molecule has 8 nitrogen and oxygen atoms in total. The van der Waals surface area contributed by atoms with E-state index >= 15 is 0 Å². The molecule has 1 N–H and O–H groups in total. The first-order valence-electron chi connectivity index (χ1n) is 12.2. The minimum absolute atomic E-state index is 0.118. The zero-order chi connectivity index (χ0) is 27.9. The molecule has 1 aliphatic heterocycles. The highest BCUT2D eigenvalue weighted by Crippen LogP contribution is 2.40. The molecule has 0 saturated carbocycles. The van der Waals surface area contributed by atoms with Gasteiger partial charge in [-0.3, -0.25) is 9.10 Å². The normalized spacial score (nSPS) is 16.8. The molecule has 0 unspecified atom stereocenters. The van der Waals surface area contributed by atoms with Gasteiger partial charge in [-0.15, -0.1) is 0 Å². The highest BCUT2D eigenvalue weighted by molar-refractivity contribution is 7.92. The van der Waals surface area contributed by atoms with E-state index in [0.717, 1.165) is 11.8 Å². The molecule has 2 atom stereocenters. The van der Waals surface area contributed by atoms with E-state index in [2.05, 4.69) is 5.32 Å². The van der Waals surface area contributed by atoms with Crippen LogP contribution in [0.5, 0.6) is 5.75 Å². The van der Waals surface area contributed by atoms with Gasteiger partial charge in [0.15, 0.2) is 15.9 Å². The molecule has 0 radical (unpaired) electrons. The number of nitrogens with one attached hydrogen (secondary N) is 1. The van der Waals surface area contributed by atoms with Crippen molar-refractivity contribution < 1.29 is 26.4 Å². The molecule has 1 heterocycles. The second-order valence-electron chi connectivity index (χ2n) is 10.5. The summed E-state index contributed by atoms with van der Waals surface area (Å²) in [7, 11) is -7.33. The number of benzene rings is 3. The van der Waals surface area contributed by atoms with Gasteiger partial charge in [0.05, 0.1) is 28.1 Å². The molecule has 0 spiro atoms. The Kier molecular flexibility index (Phi) is 7.33. The van der Waals surface area contributed by atoms with E-state index < -0.39 is 37.9 Å². The number of ether oxygens (including phenoxy) is 1. The monoisotopic (exact) mass is 556 g/mol. The van der Waals surface area contributed by atoms with Crippen molar-refractivity contribution in [1.82, 2.24) is 5.32 Å². The molecule has 0 bridgehead atoms. The summed E-state index contributed by atoms with van der Waals surface area (Å²) in [5.41, 5.74) is 1.79. The third-order valence-corrected chi connectivity index (χ3v) is 9.41. The summed E-state index contributed by atoms with van der Waals surface area (Å²) in [5, 5.41) is 2.87. The van der Waals surface area contributed by atoms with Gasteiger partial charge >= 0.3 is 0 Å². The zero-order valence-electron chi connectivity index (χ0n) is 22.0. The largest absolute Gasteiger partial charge is 0.476 e. The predicted molar refractivity (Wildman–Crippen MR) is 147 cm³/mol. The number of sulfonamides is 1. The molecule has 1 amide bonds. The number of hydrogen-bond acceptors (Lipinski definition) is 6. The fourth-order valence-corrected chi connectivity index (χ4v) is 6.31. The van der Waals surface area contributed by atoms with E-state index in [1.165, 1.54) is 28.6 Å². The van der Waals surface area contributed by atoms with E-state index in [0.29, 0.717) is 17.0 Å². The van der Waals surface area contributed by atoms with Crippen molar-refractivity contribution in [2.75, 3.05) is 17.1 Å². The molecule has 0 aromatic heterocycles. The van der Waals surface area contributed by atoms with E-state index in [9.17, 15) is 21.6 Å². The van der Waals surface area contributed by atoms with Crippen molar-refractivity contribution in [3.63, 3.8) is 0 Å². The average molecular weight is 557 g/mol. The SMILES string of the molecule is C[C@H](NC(=O)[C@H]1CN(S(=O)(=O)c2ccccc2)c2cc(C(C)(C)C)ccc2O1)c1ccc(S(C)(=O)=O)cc1. The van der Waals surface area contributed by atoms with E-state index in [4.69, 9.17) is 4.74 Å². The van der Waals surface area contributed by atoms with Gasteiger partial charge in [-0.25, -0.2) is 16.8 Å². The lowest BCUT2D eigenvalue weighted by atomic mass is 9.86. The van der Waals surface area contributed by atoms with Crippen molar-refractivity contribution in [2.45, 2.75) is 55.0 Å². The molecule has 10 heteroatoms. The molecule has 1 aliphatic rings. The Bertz CT molecular complexity index is 1550. The Hall–Kier alpha value is -3.37. The smallest absolute Gasteiger partial charge is 0.264 e. The van der Waals surface area contributed by atoms with Gasteiger partial charge in [0.25, 0.3) is 15.9 Å².